The number of carbonyl (C=O) groups excluding carboxylic acids is 1. The summed E-state index contributed by atoms with van der Waals surface area (Å²) in [6.45, 7) is 7.87. The van der Waals surface area contributed by atoms with Gasteiger partial charge in [-0.15, -0.1) is 0 Å². The summed E-state index contributed by atoms with van der Waals surface area (Å²) in [6.07, 6.45) is 3.89. The Bertz CT molecular complexity index is 715. The highest BCUT2D eigenvalue weighted by molar-refractivity contribution is 5.80. The molecule has 1 aromatic rings. The number of rotatable bonds is 7. The van der Waals surface area contributed by atoms with Gasteiger partial charge in [-0.3, -0.25) is 9.79 Å². The number of piperidine rings is 1. The first-order valence-electron chi connectivity index (χ1n) is 11.3. The first-order valence-corrected chi connectivity index (χ1v) is 11.3. The SMILES string of the molecule is CCNC(=NCC1CCN(c2cccc(OC)c2)C1)N1CCC(CC(=O)NC)CC1. The van der Waals surface area contributed by atoms with Gasteiger partial charge in [-0.1, -0.05) is 6.07 Å². The third-order valence-corrected chi connectivity index (χ3v) is 6.21. The molecule has 0 aromatic heterocycles. The number of anilines is 1. The molecular weight excluding hydrogens is 378 g/mol. The third kappa shape index (κ3) is 6.03. The van der Waals surface area contributed by atoms with E-state index in [1.807, 2.05) is 6.07 Å². The molecule has 0 bridgehead atoms. The van der Waals surface area contributed by atoms with Crippen LogP contribution >= 0.6 is 0 Å². The molecule has 1 amide bonds. The van der Waals surface area contributed by atoms with Gasteiger partial charge in [-0.25, -0.2) is 0 Å². The zero-order chi connectivity index (χ0) is 21.3. The molecule has 1 aromatic carbocycles. The minimum atomic E-state index is 0.149. The Morgan fingerprint density at radius 2 is 1.97 bits per heavy atom. The van der Waals surface area contributed by atoms with E-state index in [2.05, 4.69) is 45.6 Å². The van der Waals surface area contributed by atoms with Crippen molar-refractivity contribution in [2.75, 3.05) is 58.3 Å². The number of hydrogen-bond acceptors (Lipinski definition) is 4. The molecule has 2 fully saturated rings. The molecule has 0 aliphatic carbocycles. The van der Waals surface area contributed by atoms with E-state index in [-0.39, 0.29) is 5.91 Å². The van der Waals surface area contributed by atoms with Crippen LogP contribution in [0.15, 0.2) is 29.3 Å². The number of nitrogens with zero attached hydrogens (tertiary/aromatic N) is 3. The summed E-state index contributed by atoms with van der Waals surface area (Å²) in [5.74, 6) is 3.13. The fraction of sp³-hybridized carbons (Fsp3) is 0.652. The number of methoxy groups -OCH3 is 1. The Morgan fingerprint density at radius 3 is 2.67 bits per heavy atom. The first kappa shape index (κ1) is 22.2. The second-order valence-corrected chi connectivity index (χ2v) is 8.30. The lowest BCUT2D eigenvalue weighted by atomic mass is 9.93. The Kier molecular flexibility index (Phi) is 8.22. The molecule has 2 saturated heterocycles. The van der Waals surface area contributed by atoms with Gasteiger partial charge in [-0.2, -0.15) is 0 Å². The van der Waals surface area contributed by atoms with Gasteiger partial charge in [0.1, 0.15) is 5.75 Å². The fourth-order valence-corrected chi connectivity index (χ4v) is 4.38. The summed E-state index contributed by atoms with van der Waals surface area (Å²) in [7, 11) is 3.43. The van der Waals surface area contributed by atoms with Crippen LogP contribution in [0.1, 0.15) is 32.6 Å². The number of likely N-dealkylation sites (tertiary alicyclic amines) is 1. The van der Waals surface area contributed by atoms with Crippen LogP contribution in [0.4, 0.5) is 5.69 Å². The molecule has 30 heavy (non-hydrogen) atoms. The van der Waals surface area contributed by atoms with Crippen molar-refractivity contribution in [3.05, 3.63) is 24.3 Å². The highest BCUT2D eigenvalue weighted by Gasteiger charge is 2.25. The van der Waals surface area contributed by atoms with Crippen molar-refractivity contribution < 1.29 is 9.53 Å². The molecule has 2 aliphatic heterocycles. The number of guanidine groups is 1. The van der Waals surface area contributed by atoms with Crippen molar-refractivity contribution in [1.82, 2.24) is 15.5 Å². The van der Waals surface area contributed by atoms with Crippen molar-refractivity contribution in [3.63, 3.8) is 0 Å². The van der Waals surface area contributed by atoms with E-state index in [4.69, 9.17) is 9.73 Å². The summed E-state index contributed by atoms with van der Waals surface area (Å²) >= 11 is 0. The summed E-state index contributed by atoms with van der Waals surface area (Å²) in [5, 5.41) is 6.21. The first-order chi connectivity index (χ1) is 14.6. The smallest absolute Gasteiger partial charge is 0.220 e. The van der Waals surface area contributed by atoms with Crippen LogP contribution in [0.2, 0.25) is 0 Å². The molecule has 2 aliphatic rings. The molecule has 0 spiro atoms. The van der Waals surface area contributed by atoms with Gasteiger partial charge in [0.05, 0.1) is 7.11 Å². The molecule has 0 radical (unpaired) electrons. The monoisotopic (exact) mass is 415 g/mol. The molecule has 7 heteroatoms. The quantitative estimate of drug-likeness (QED) is 0.528. The lowest BCUT2D eigenvalue weighted by Crippen LogP contribution is -2.46. The number of amides is 1. The zero-order valence-electron chi connectivity index (χ0n) is 18.7. The van der Waals surface area contributed by atoms with Gasteiger partial charge in [0.15, 0.2) is 5.96 Å². The number of nitrogens with one attached hydrogen (secondary N) is 2. The maximum atomic E-state index is 11.6. The summed E-state index contributed by atoms with van der Waals surface area (Å²) in [6, 6.07) is 8.30. The van der Waals surface area contributed by atoms with E-state index < -0.39 is 0 Å². The number of benzene rings is 1. The molecular formula is C23H37N5O2. The summed E-state index contributed by atoms with van der Waals surface area (Å²) < 4.78 is 5.36. The van der Waals surface area contributed by atoms with Crippen molar-refractivity contribution >= 4 is 17.6 Å². The Labute approximate surface area is 180 Å². The van der Waals surface area contributed by atoms with E-state index in [0.717, 1.165) is 70.2 Å². The normalized spacial score (nSPS) is 20.4. The number of ether oxygens (including phenoxy) is 1. The molecule has 2 heterocycles. The predicted molar refractivity (Wildman–Crippen MR) is 122 cm³/mol. The predicted octanol–water partition coefficient (Wildman–Crippen LogP) is 2.34. The minimum Gasteiger partial charge on any atom is -0.497 e. The van der Waals surface area contributed by atoms with Crippen molar-refractivity contribution in [1.29, 1.82) is 0 Å². The Balaban J connectivity index is 1.52. The van der Waals surface area contributed by atoms with E-state index in [1.54, 1.807) is 14.2 Å². The average molecular weight is 416 g/mol. The topological polar surface area (TPSA) is 69.2 Å². The van der Waals surface area contributed by atoms with Crippen LogP contribution in [0.5, 0.6) is 5.75 Å². The lowest BCUT2D eigenvalue weighted by Gasteiger charge is -2.34. The highest BCUT2D eigenvalue weighted by Crippen LogP contribution is 2.27. The molecule has 1 unspecified atom stereocenters. The van der Waals surface area contributed by atoms with Crippen LogP contribution in [0.3, 0.4) is 0 Å². The van der Waals surface area contributed by atoms with Crippen LogP contribution in [0.25, 0.3) is 0 Å². The average Bonchev–Trinajstić information content (AvgIpc) is 3.26. The number of aliphatic imine (C=N–C) groups is 1. The van der Waals surface area contributed by atoms with Crippen LogP contribution < -0.4 is 20.3 Å². The molecule has 7 nitrogen and oxygen atoms in total. The van der Waals surface area contributed by atoms with E-state index >= 15 is 0 Å². The van der Waals surface area contributed by atoms with Gasteiger partial charge in [0.2, 0.25) is 5.91 Å². The van der Waals surface area contributed by atoms with E-state index in [1.165, 1.54) is 5.69 Å². The highest BCUT2D eigenvalue weighted by atomic mass is 16.5. The second-order valence-electron chi connectivity index (χ2n) is 8.30. The van der Waals surface area contributed by atoms with Crippen molar-refractivity contribution in [2.45, 2.75) is 32.6 Å². The number of hydrogen-bond donors (Lipinski definition) is 2. The van der Waals surface area contributed by atoms with Crippen LogP contribution in [-0.4, -0.2) is 70.2 Å². The van der Waals surface area contributed by atoms with Gasteiger partial charge in [0, 0.05) is 64.5 Å². The van der Waals surface area contributed by atoms with Crippen molar-refractivity contribution in [3.8, 4) is 5.75 Å². The van der Waals surface area contributed by atoms with E-state index in [9.17, 15) is 4.79 Å². The second kappa shape index (κ2) is 11.1. The standard InChI is InChI=1S/C23H37N5O2/c1-4-25-23(27-11-8-18(9-12-27)14-22(29)24-2)26-16-19-10-13-28(17-19)20-6-5-7-21(15-20)30-3/h5-7,15,18-19H,4,8-14,16-17H2,1-3H3,(H,24,29)(H,25,26). The Hall–Kier alpha value is -2.44. The van der Waals surface area contributed by atoms with Gasteiger partial charge in [-0.05, 0) is 50.2 Å². The summed E-state index contributed by atoms with van der Waals surface area (Å²) in [5.41, 5.74) is 1.23. The lowest BCUT2D eigenvalue weighted by molar-refractivity contribution is -0.121. The maximum Gasteiger partial charge on any atom is 0.220 e. The fourth-order valence-electron chi connectivity index (χ4n) is 4.38. The van der Waals surface area contributed by atoms with Gasteiger partial charge >= 0.3 is 0 Å². The third-order valence-electron chi connectivity index (χ3n) is 6.21. The molecule has 1 atom stereocenters. The summed E-state index contributed by atoms with van der Waals surface area (Å²) in [4.78, 5) is 21.4. The largest absolute Gasteiger partial charge is 0.497 e. The van der Waals surface area contributed by atoms with Crippen LogP contribution in [0, 0.1) is 11.8 Å². The van der Waals surface area contributed by atoms with Gasteiger partial charge in [0.25, 0.3) is 0 Å². The number of carbonyl (C=O) groups is 1. The molecule has 3 rings (SSSR count). The molecule has 0 saturated carbocycles. The maximum absolute atomic E-state index is 11.6. The van der Waals surface area contributed by atoms with Gasteiger partial charge < -0.3 is 25.2 Å². The van der Waals surface area contributed by atoms with E-state index in [0.29, 0.717) is 18.3 Å². The molecule has 166 valence electrons. The molecule has 2 N–H and O–H groups in total. The Morgan fingerprint density at radius 1 is 1.20 bits per heavy atom. The zero-order valence-corrected chi connectivity index (χ0v) is 18.7. The minimum absolute atomic E-state index is 0.149. The van der Waals surface area contributed by atoms with Crippen LogP contribution in [-0.2, 0) is 4.79 Å². The van der Waals surface area contributed by atoms with Crippen molar-refractivity contribution in [2.24, 2.45) is 16.8 Å².